The number of hydrogen-bond acceptors (Lipinski definition) is 5. The van der Waals surface area contributed by atoms with Gasteiger partial charge in [-0.1, -0.05) is 29.8 Å². The number of aryl methyl sites for hydroxylation is 1. The summed E-state index contributed by atoms with van der Waals surface area (Å²) in [4.78, 5) is 41.7. The van der Waals surface area contributed by atoms with Crippen LogP contribution in [0, 0.1) is 12.8 Å². The minimum Gasteiger partial charge on any atom is -0.369 e. The molecule has 4 heterocycles. The summed E-state index contributed by atoms with van der Waals surface area (Å²) in [6.45, 7) is 4.06. The number of anilines is 3. The van der Waals surface area contributed by atoms with Crippen molar-refractivity contribution >= 4 is 51.8 Å². The van der Waals surface area contributed by atoms with Crippen molar-refractivity contribution in [3.63, 3.8) is 0 Å². The van der Waals surface area contributed by atoms with E-state index in [4.69, 9.17) is 11.6 Å². The van der Waals surface area contributed by atoms with Gasteiger partial charge in [-0.25, -0.2) is 0 Å². The molecule has 2 atom stereocenters. The third-order valence-electron chi connectivity index (χ3n) is 7.52. The fourth-order valence-corrected chi connectivity index (χ4v) is 6.45. The first-order valence-electron chi connectivity index (χ1n) is 12.9. The molecule has 1 fully saturated rings. The van der Waals surface area contributed by atoms with Crippen molar-refractivity contribution in [2.45, 2.75) is 25.8 Å². The molecule has 2 aromatic heterocycles. The molecule has 2 bridgehead atoms. The molecule has 0 saturated carbocycles. The van der Waals surface area contributed by atoms with E-state index in [2.05, 4.69) is 15.5 Å². The number of carbonyl (C=O) groups excluding carboxylic acids is 2. The lowest BCUT2D eigenvalue weighted by Crippen LogP contribution is -2.47. The second-order valence-electron chi connectivity index (χ2n) is 10.2. The maximum atomic E-state index is 13.2. The van der Waals surface area contributed by atoms with Gasteiger partial charge in [-0.05, 0) is 72.7 Å². The molecule has 0 aliphatic carbocycles. The third-order valence-corrected chi connectivity index (χ3v) is 8.62. The van der Waals surface area contributed by atoms with Crippen LogP contribution in [0.1, 0.15) is 43.6 Å². The van der Waals surface area contributed by atoms with Crippen LogP contribution < -0.4 is 21.1 Å². The monoisotopic (exact) mass is 558 g/mol. The predicted molar refractivity (Wildman–Crippen MR) is 157 cm³/mol. The highest BCUT2D eigenvalue weighted by Gasteiger charge is 2.35. The van der Waals surface area contributed by atoms with Crippen LogP contribution in [-0.4, -0.2) is 29.5 Å². The highest BCUT2D eigenvalue weighted by molar-refractivity contribution is 7.12. The predicted octanol–water partition coefficient (Wildman–Crippen LogP) is 6.00. The largest absolute Gasteiger partial charge is 0.369 e. The average molecular weight is 559 g/mol. The quantitative estimate of drug-likeness (QED) is 0.315. The van der Waals surface area contributed by atoms with E-state index in [9.17, 15) is 14.4 Å². The molecule has 9 heteroatoms. The van der Waals surface area contributed by atoms with E-state index >= 15 is 0 Å². The minimum absolute atomic E-state index is 0.0462. The summed E-state index contributed by atoms with van der Waals surface area (Å²) in [6.07, 6.45) is 1.02. The second kappa shape index (κ2) is 10.4. The Bertz CT molecular complexity index is 1630. The van der Waals surface area contributed by atoms with Crippen molar-refractivity contribution in [1.29, 1.82) is 0 Å². The zero-order valence-corrected chi connectivity index (χ0v) is 22.9. The van der Waals surface area contributed by atoms with Crippen LogP contribution in [0.4, 0.5) is 17.1 Å². The molecule has 39 heavy (non-hydrogen) atoms. The van der Waals surface area contributed by atoms with Gasteiger partial charge >= 0.3 is 0 Å². The van der Waals surface area contributed by atoms with Crippen molar-refractivity contribution in [1.82, 2.24) is 4.57 Å². The summed E-state index contributed by atoms with van der Waals surface area (Å²) in [7, 11) is 0. The number of carbonyl (C=O) groups is 2. The van der Waals surface area contributed by atoms with Gasteiger partial charge in [-0.15, -0.1) is 11.3 Å². The maximum Gasteiger partial charge on any atom is 0.265 e. The number of nitrogens with one attached hydrogen (secondary N) is 2. The molecular formula is C30H27ClN4O3S. The Kier molecular flexibility index (Phi) is 6.74. The average Bonchev–Trinajstić information content (AvgIpc) is 3.47. The number of benzene rings is 2. The Morgan fingerprint density at radius 2 is 1.77 bits per heavy atom. The zero-order valence-electron chi connectivity index (χ0n) is 21.3. The number of rotatable bonds is 5. The molecule has 1 saturated heterocycles. The summed E-state index contributed by atoms with van der Waals surface area (Å²) in [5.41, 5.74) is 4.50. The van der Waals surface area contributed by atoms with Gasteiger partial charge in [0.05, 0.1) is 16.3 Å². The van der Waals surface area contributed by atoms with Gasteiger partial charge in [-0.2, -0.15) is 0 Å². The van der Waals surface area contributed by atoms with Gasteiger partial charge in [0.2, 0.25) is 0 Å². The van der Waals surface area contributed by atoms with E-state index in [1.807, 2.05) is 47.2 Å². The number of pyridine rings is 1. The van der Waals surface area contributed by atoms with Crippen molar-refractivity contribution in [2.75, 3.05) is 28.6 Å². The Labute approximate surface area is 235 Å². The molecule has 4 aromatic rings. The number of halogens is 1. The van der Waals surface area contributed by atoms with Crippen LogP contribution in [0.3, 0.4) is 0 Å². The molecule has 2 aliphatic rings. The first-order valence-corrected chi connectivity index (χ1v) is 14.1. The molecule has 2 amide bonds. The van der Waals surface area contributed by atoms with Crippen LogP contribution in [0.15, 0.2) is 76.9 Å². The van der Waals surface area contributed by atoms with Gasteiger partial charge in [0.1, 0.15) is 0 Å². The summed E-state index contributed by atoms with van der Waals surface area (Å²) < 4.78 is 1.90. The highest BCUT2D eigenvalue weighted by atomic mass is 35.5. The van der Waals surface area contributed by atoms with Gasteiger partial charge in [0.15, 0.2) is 0 Å². The normalized spacial score (nSPS) is 17.8. The molecular weight excluding hydrogens is 532 g/mol. The summed E-state index contributed by atoms with van der Waals surface area (Å²) in [6, 6.07) is 19.9. The molecule has 6 rings (SSSR count). The maximum absolute atomic E-state index is 13.2. The summed E-state index contributed by atoms with van der Waals surface area (Å²) in [5.74, 6) is 0.0120. The van der Waals surface area contributed by atoms with Crippen LogP contribution in [-0.2, 0) is 6.54 Å². The van der Waals surface area contributed by atoms with Crippen LogP contribution >= 0.6 is 22.9 Å². The minimum atomic E-state index is -0.289. The van der Waals surface area contributed by atoms with E-state index in [0.717, 1.165) is 36.5 Å². The van der Waals surface area contributed by atoms with Crippen LogP contribution in [0.2, 0.25) is 5.02 Å². The van der Waals surface area contributed by atoms with E-state index in [1.165, 1.54) is 11.3 Å². The number of hydrogen-bond donors (Lipinski definition) is 2. The molecule has 7 nitrogen and oxygen atoms in total. The first kappa shape index (κ1) is 25.4. The standard InChI is InChI=1S/C30H27ClN4O3S/c1-18-7-9-22(31)14-23(18)32-29(37)20-8-10-26(24(13-20)33-30(38)27-5-3-11-39-27)34-15-19-12-21(17-34)25-4-2-6-28(36)35(25)16-19/h2-11,13-14,19,21H,12,15-17H2,1H3,(H,32,37)(H,33,38)/t19-,21+/m1/s1. The van der Waals surface area contributed by atoms with Crippen molar-refractivity contribution in [2.24, 2.45) is 5.92 Å². The number of nitrogens with zero attached hydrogens (tertiary/aromatic N) is 2. The molecule has 0 radical (unpaired) electrons. The number of piperidine rings is 1. The van der Waals surface area contributed by atoms with Gasteiger partial charge in [-0.3, -0.25) is 14.4 Å². The van der Waals surface area contributed by atoms with Crippen molar-refractivity contribution in [3.05, 3.63) is 109 Å². The molecule has 2 N–H and O–H groups in total. The molecule has 198 valence electrons. The topological polar surface area (TPSA) is 83.4 Å². The Hall–Kier alpha value is -3.88. The Morgan fingerprint density at radius 3 is 2.59 bits per heavy atom. The molecule has 0 unspecified atom stereocenters. The molecule has 2 aromatic carbocycles. The molecule has 0 spiro atoms. The highest BCUT2D eigenvalue weighted by Crippen LogP contribution is 2.39. The van der Waals surface area contributed by atoms with E-state index in [1.54, 1.807) is 36.4 Å². The van der Waals surface area contributed by atoms with Crippen molar-refractivity contribution < 1.29 is 9.59 Å². The SMILES string of the molecule is Cc1ccc(Cl)cc1NC(=O)c1ccc(N2C[C@H]3C[C@@H](C2)c2cccc(=O)n2C3)c(NC(=O)c2cccs2)c1. The molecule has 2 aliphatic heterocycles. The van der Waals surface area contributed by atoms with Gasteiger partial charge in [0, 0.05) is 53.6 Å². The lowest BCUT2D eigenvalue weighted by atomic mass is 9.83. The first-order chi connectivity index (χ1) is 18.9. The van der Waals surface area contributed by atoms with Crippen molar-refractivity contribution in [3.8, 4) is 0 Å². The summed E-state index contributed by atoms with van der Waals surface area (Å²) in [5, 5.41) is 8.40. The van der Waals surface area contributed by atoms with Gasteiger partial charge in [0.25, 0.3) is 17.4 Å². The van der Waals surface area contributed by atoms with Crippen LogP contribution in [0.25, 0.3) is 0 Å². The number of thiophene rings is 1. The fourth-order valence-electron chi connectivity index (χ4n) is 5.66. The van der Waals surface area contributed by atoms with Crippen LogP contribution in [0.5, 0.6) is 0 Å². The fraction of sp³-hybridized carbons (Fsp3) is 0.233. The Morgan fingerprint density at radius 1 is 0.923 bits per heavy atom. The summed E-state index contributed by atoms with van der Waals surface area (Å²) >= 11 is 7.51. The number of fused-ring (bicyclic) bond motifs is 4. The third kappa shape index (κ3) is 5.10. The lowest BCUT2D eigenvalue weighted by molar-refractivity contribution is 0.101. The smallest absolute Gasteiger partial charge is 0.265 e. The van der Waals surface area contributed by atoms with E-state index in [0.29, 0.717) is 39.3 Å². The van der Waals surface area contributed by atoms with Gasteiger partial charge < -0.3 is 20.1 Å². The number of aromatic nitrogens is 1. The van der Waals surface area contributed by atoms with E-state index in [-0.39, 0.29) is 23.3 Å². The second-order valence-corrected chi connectivity index (χ2v) is 11.6. The lowest BCUT2D eigenvalue weighted by Gasteiger charge is -2.44. The number of amides is 2. The van der Waals surface area contributed by atoms with E-state index < -0.39 is 0 Å². The Balaban J connectivity index is 1.33. The zero-order chi connectivity index (χ0) is 27.1.